The molecule has 176 valence electrons. The standard InChI is InChI=1S/C27H32N6O/c1-2-3-12-24-28-27(17-8-4-5-9-18-27)26(34)33(24)19-20-13-15-21(16-14-20)22-10-6-7-11-23(22)25-29-31-32-30-25/h6-7,10-11,13-16H,2-5,8-9,12,17-19H2,1H3,(H,29,30,31,32). The van der Waals surface area contributed by atoms with E-state index in [2.05, 4.69) is 57.9 Å². The number of amides is 1. The van der Waals surface area contributed by atoms with E-state index in [1.807, 2.05) is 23.1 Å². The molecular formula is C27H32N6O. The number of carbonyl (C=O) groups is 1. The van der Waals surface area contributed by atoms with Gasteiger partial charge in [-0.1, -0.05) is 87.6 Å². The molecule has 2 aromatic carbocycles. The predicted molar refractivity (Wildman–Crippen MR) is 133 cm³/mol. The van der Waals surface area contributed by atoms with Crippen LogP contribution in [0.5, 0.6) is 0 Å². The number of aromatic nitrogens is 4. The molecule has 0 saturated heterocycles. The van der Waals surface area contributed by atoms with E-state index < -0.39 is 5.54 Å². The van der Waals surface area contributed by atoms with Crippen LogP contribution >= 0.6 is 0 Å². The van der Waals surface area contributed by atoms with Crippen molar-refractivity contribution in [3.63, 3.8) is 0 Å². The van der Waals surface area contributed by atoms with E-state index in [1.54, 1.807) is 0 Å². The van der Waals surface area contributed by atoms with E-state index in [4.69, 9.17) is 4.99 Å². The van der Waals surface area contributed by atoms with Gasteiger partial charge < -0.3 is 0 Å². The smallest absolute Gasteiger partial charge is 0.256 e. The van der Waals surface area contributed by atoms with E-state index in [9.17, 15) is 4.79 Å². The minimum absolute atomic E-state index is 0.216. The Morgan fingerprint density at radius 1 is 0.971 bits per heavy atom. The number of aliphatic imine (C=N–C) groups is 1. The van der Waals surface area contributed by atoms with Crippen LogP contribution in [0.15, 0.2) is 53.5 Å². The van der Waals surface area contributed by atoms with Gasteiger partial charge in [-0.05, 0) is 46.4 Å². The fourth-order valence-corrected chi connectivity index (χ4v) is 5.24. The Morgan fingerprint density at radius 3 is 2.38 bits per heavy atom. The van der Waals surface area contributed by atoms with Gasteiger partial charge in [-0.2, -0.15) is 0 Å². The third-order valence-electron chi connectivity index (χ3n) is 7.12. The van der Waals surface area contributed by atoms with Crippen molar-refractivity contribution in [2.75, 3.05) is 0 Å². The number of hydrogen-bond donors (Lipinski definition) is 1. The molecule has 34 heavy (non-hydrogen) atoms. The van der Waals surface area contributed by atoms with Crippen LogP contribution in [-0.2, 0) is 11.3 Å². The molecule has 5 rings (SSSR count). The predicted octanol–water partition coefficient (Wildman–Crippen LogP) is 5.56. The third kappa shape index (κ3) is 4.39. The van der Waals surface area contributed by atoms with Crippen LogP contribution < -0.4 is 0 Å². The maximum absolute atomic E-state index is 13.7. The zero-order valence-electron chi connectivity index (χ0n) is 19.8. The molecule has 1 fully saturated rings. The molecule has 1 N–H and O–H groups in total. The third-order valence-corrected chi connectivity index (χ3v) is 7.12. The summed E-state index contributed by atoms with van der Waals surface area (Å²) in [6, 6.07) is 16.5. The van der Waals surface area contributed by atoms with Crippen LogP contribution in [0.1, 0.15) is 70.3 Å². The second kappa shape index (κ2) is 9.87. The van der Waals surface area contributed by atoms with Crippen molar-refractivity contribution >= 4 is 11.7 Å². The molecule has 2 aliphatic rings. The minimum Gasteiger partial charge on any atom is -0.294 e. The Bertz CT molecular complexity index is 1140. The summed E-state index contributed by atoms with van der Waals surface area (Å²) in [7, 11) is 0. The molecule has 0 radical (unpaired) electrons. The minimum atomic E-state index is -0.510. The van der Waals surface area contributed by atoms with Gasteiger partial charge >= 0.3 is 0 Å². The van der Waals surface area contributed by atoms with E-state index in [0.717, 1.165) is 73.0 Å². The number of benzene rings is 2. The van der Waals surface area contributed by atoms with Crippen molar-refractivity contribution in [3.05, 3.63) is 54.1 Å². The summed E-state index contributed by atoms with van der Waals surface area (Å²) in [5, 5.41) is 14.4. The molecule has 1 aromatic heterocycles. The van der Waals surface area contributed by atoms with Crippen molar-refractivity contribution in [3.8, 4) is 22.5 Å². The SMILES string of the molecule is CCCCC1=NC2(CCCCCC2)C(=O)N1Cc1ccc(-c2ccccc2-c2nnn[nH]2)cc1. The van der Waals surface area contributed by atoms with Crippen LogP contribution in [0, 0.1) is 0 Å². The summed E-state index contributed by atoms with van der Waals surface area (Å²) in [4.78, 5) is 20.8. The zero-order valence-corrected chi connectivity index (χ0v) is 19.8. The highest BCUT2D eigenvalue weighted by Gasteiger charge is 2.47. The number of carbonyl (C=O) groups excluding carboxylic acids is 1. The second-order valence-electron chi connectivity index (χ2n) is 9.46. The number of nitrogens with one attached hydrogen (secondary N) is 1. The quantitative estimate of drug-likeness (QED) is 0.504. The molecule has 1 aliphatic heterocycles. The summed E-state index contributed by atoms with van der Waals surface area (Å²) in [5.74, 6) is 1.85. The van der Waals surface area contributed by atoms with Gasteiger partial charge in [-0.3, -0.25) is 14.7 Å². The maximum atomic E-state index is 13.7. The number of aromatic amines is 1. The Kier molecular flexibility index (Phi) is 6.52. The van der Waals surface area contributed by atoms with Crippen LogP contribution in [0.4, 0.5) is 0 Å². The number of rotatable bonds is 7. The topological polar surface area (TPSA) is 87.1 Å². The fourth-order valence-electron chi connectivity index (χ4n) is 5.24. The number of nitrogens with zero attached hydrogens (tertiary/aromatic N) is 5. The van der Waals surface area contributed by atoms with Gasteiger partial charge in [0, 0.05) is 12.0 Å². The summed E-state index contributed by atoms with van der Waals surface area (Å²) in [6.45, 7) is 2.77. The lowest BCUT2D eigenvalue weighted by atomic mass is 9.90. The molecule has 1 spiro atoms. The van der Waals surface area contributed by atoms with E-state index >= 15 is 0 Å². The first-order chi connectivity index (χ1) is 16.7. The average Bonchev–Trinajstić information content (AvgIpc) is 3.41. The van der Waals surface area contributed by atoms with Gasteiger partial charge in [0.25, 0.3) is 5.91 Å². The van der Waals surface area contributed by atoms with Gasteiger partial charge in [0.15, 0.2) is 5.82 Å². The maximum Gasteiger partial charge on any atom is 0.256 e. The summed E-state index contributed by atoms with van der Waals surface area (Å²) in [6.07, 6.45) is 9.44. The normalized spacial score (nSPS) is 17.7. The summed E-state index contributed by atoms with van der Waals surface area (Å²) in [5.41, 5.74) is 3.71. The molecule has 0 atom stereocenters. The molecule has 1 amide bonds. The van der Waals surface area contributed by atoms with Gasteiger partial charge in [-0.25, -0.2) is 5.10 Å². The van der Waals surface area contributed by atoms with Crippen molar-refractivity contribution in [1.29, 1.82) is 0 Å². The Hall–Kier alpha value is -3.35. The largest absolute Gasteiger partial charge is 0.294 e. The first-order valence-corrected chi connectivity index (χ1v) is 12.5. The van der Waals surface area contributed by atoms with Gasteiger partial charge in [0.05, 0.1) is 6.54 Å². The van der Waals surface area contributed by atoms with Crippen molar-refractivity contribution in [2.24, 2.45) is 4.99 Å². The Balaban J connectivity index is 1.38. The first kappa shape index (κ1) is 22.4. The van der Waals surface area contributed by atoms with Crippen LogP contribution in [0.3, 0.4) is 0 Å². The van der Waals surface area contributed by atoms with Gasteiger partial charge in [-0.15, -0.1) is 5.10 Å². The molecule has 2 heterocycles. The molecular weight excluding hydrogens is 424 g/mol. The number of tetrazole rings is 1. The lowest BCUT2D eigenvalue weighted by molar-refractivity contribution is -0.132. The van der Waals surface area contributed by atoms with E-state index in [-0.39, 0.29) is 5.91 Å². The fraction of sp³-hybridized carbons (Fsp3) is 0.444. The first-order valence-electron chi connectivity index (χ1n) is 12.5. The number of hydrogen-bond acceptors (Lipinski definition) is 5. The summed E-state index contributed by atoms with van der Waals surface area (Å²) < 4.78 is 0. The van der Waals surface area contributed by atoms with Gasteiger partial charge in [0.1, 0.15) is 11.4 Å². The molecule has 7 heteroatoms. The number of unbranched alkanes of at least 4 members (excludes halogenated alkanes) is 1. The molecule has 1 saturated carbocycles. The number of amidine groups is 1. The lowest BCUT2D eigenvalue weighted by Gasteiger charge is -2.25. The summed E-state index contributed by atoms with van der Waals surface area (Å²) >= 11 is 0. The molecule has 0 bridgehead atoms. The highest BCUT2D eigenvalue weighted by atomic mass is 16.2. The Labute approximate surface area is 200 Å². The zero-order chi connectivity index (χ0) is 23.4. The van der Waals surface area contributed by atoms with Crippen molar-refractivity contribution in [2.45, 2.75) is 76.8 Å². The monoisotopic (exact) mass is 456 g/mol. The van der Waals surface area contributed by atoms with Crippen molar-refractivity contribution in [1.82, 2.24) is 25.5 Å². The number of H-pyrrole nitrogens is 1. The van der Waals surface area contributed by atoms with Crippen LogP contribution in [0.25, 0.3) is 22.5 Å². The average molecular weight is 457 g/mol. The molecule has 0 unspecified atom stereocenters. The van der Waals surface area contributed by atoms with E-state index in [0.29, 0.717) is 12.4 Å². The molecule has 7 nitrogen and oxygen atoms in total. The highest BCUT2D eigenvalue weighted by Crippen LogP contribution is 2.38. The lowest BCUT2D eigenvalue weighted by Crippen LogP contribution is -2.42. The molecule has 1 aliphatic carbocycles. The van der Waals surface area contributed by atoms with Gasteiger partial charge in [0.2, 0.25) is 0 Å². The van der Waals surface area contributed by atoms with Crippen LogP contribution in [0.2, 0.25) is 0 Å². The van der Waals surface area contributed by atoms with Crippen LogP contribution in [-0.4, -0.2) is 42.8 Å². The molecule has 3 aromatic rings. The van der Waals surface area contributed by atoms with E-state index in [1.165, 1.54) is 12.8 Å². The highest BCUT2D eigenvalue weighted by molar-refractivity contribution is 6.08. The second-order valence-corrected chi connectivity index (χ2v) is 9.46. The van der Waals surface area contributed by atoms with Crippen molar-refractivity contribution < 1.29 is 4.79 Å². The Morgan fingerprint density at radius 2 is 1.71 bits per heavy atom.